The van der Waals surface area contributed by atoms with E-state index in [9.17, 15) is 19.8 Å². The molecule has 2 amide bonds. The predicted octanol–water partition coefficient (Wildman–Crippen LogP) is 9.01. The lowest BCUT2D eigenvalue weighted by Crippen LogP contribution is -2.54. The van der Waals surface area contributed by atoms with Gasteiger partial charge < -0.3 is 30.3 Å². The average Bonchev–Trinajstić information content (AvgIpc) is 4.12. The van der Waals surface area contributed by atoms with Crippen molar-refractivity contribution in [3.63, 3.8) is 0 Å². The van der Waals surface area contributed by atoms with Gasteiger partial charge in [0.25, 0.3) is 11.8 Å². The lowest BCUT2D eigenvalue weighted by atomic mass is 9.42. The molecule has 4 aliphatic heterocycles. The summed E-state index contributed by atoms with van der Waals surface area (Å²) in [5.41, 5.74) is 4.74. The first kappa shape index (κ1) is 46.7. The van der Waals surface area contributed by atoms with Crippen LogP contribution in [0.15, 0.2) is 75.9 Å². The smallest absolute Gasteiger partial charge is 0.340 e. The number of fused-ring (bicyclic) bond motifs is 3. The number of allylic oxidation sites excluding steroid dienone is 4. The van der Waals surface area contributed by atoms with E-state index >= 15 is 9.59 Å². The van der Waals surface area contributed by atoms with E-state index in [-0.39, 0.29) is 71.3 Å². The summed E-state index contributed by atoms with van der Waals surface area (Å²) in [6.07, 6.45) is 22.7. The van der Waals surface area contributed by atoms with E-state index in [1.165, 1.54) is 35.5 Å². The number of ether oxygens (including phenoxy) is 2. The van der Waals surface area contributed by atoms with Crippen molar-refractivity contribution < 1.29 is 38.9 Å². The van der Waals surface area contributed by atoms with Crippen LogP contribution in [0.5, 0.6) is 0 Å². The average molecular weight is 965 g/mol. The summed E-state index contributed by atoms with van der Waals surface area (Å²) in [6.45, 7) is 4.83. The fourth-order valence-corrected chi connectivity index (χ4v) is 18.0. The number of aliphatic hydroxyl groups is 2. The van der Waals surface area contributed by atoms with Gasteiger partial charge in [0.05, 0.1) is 28.3 Å². The number of nitrogens with zero attached hydrogens (tertiary/aromatic N) is 2. The van der Waals surface area contributed by atoms with Crippen LogP contribution in [-0.4, -0.2) is 80.9 Å². The minimum Gasteiger partial charge on any atom is -0.427 e. The van der Waals surface area contributed by atoms with Crippen molar-refractivity contribution >= 4 is 51.2 Å². The summed E-state index contributed by atoms with van der Waals surface area (Å²) in [5.74, 6) is 1.64. The van der Waals surface area contributed by atoms with Crippen LogP contribution in [0.4, 0.5) is 5.82 Å². The molecule has 11 aliphatic rings. The summed E-state index contributed by atoms with van der Waals surface area (Å²) in [6, 6.07) is 3.97. The number of pyridine rings is 1. The Bertz CT molecular complexity index is 2380. The van der Waals surface area contributed by atoms with Crippen LogP contribution in [0.3, 0.4) is 0 Å². The maximum absolute atomic E-state index is 15.3. The number of amides is 2. The largest absolute Gasteiger partial charge is 0.427 e. The molecule has 4 N–H and O–H groups in total. The third-order valence-corrected chi connectivity index (χ3v) is 21.1. The number of carbonyl (C=O) groups excluding carboxylic acids is 4. The minimum atomic E-state index is -0.946. The molecule has 1 aromatic rings. The monoisotopic (exact) mass is 964 g/mol. The van der Waals surface area contributed by atoms with Gasteiger partial charge in [-0.2, -0.15) is 0 Å². The van der Waals surface area contributed by atoms with Gasteiger partial charge in [-0.3, -0.25) is 14.5 Å². The Kier molecular flexibility index (Phi) is 12.9. The minimum absolute atomic E-state index is 0.00514. The van der Waals surface area contributed by atoms with Gasteiger partial charge in [-0.1, -0.05) is 54.2 Å². The van der Waals surface area contributed by atoms with Crippen LogP contribution in [0.2, 0.25) is 0 Å². The van der Waals surface area contributed by atoms with Crippen molar-refractivity contribution in [1.82, 2.24) is 15.2 Å². The second-order valence-corrected chi connectivity index (χ2v) is 24.3. The first-order valence-corrected chi connectivity index (χ1v) is 28.3. The van der Waals surface area contributed by atoms with E-state index < -0.39 is 23.4 Å². The van der Waals surface area contributed by atoms with Crippen LogP contribution < -0.4 is 10.6 Å². The highest BCUT2D eigenvalue weighted by Gasteiger charge is 2.70. The molecule has 0 unspecified atom stereocenters. The second kappa shape index (κ2) is 18.8. The molecule has 7 aliphatic carbocycles. The summed E-state index contributed by atoms with van der Waals surface area (Å²) >= 11 is 0. The molecule has 12 rings (SSSR count). The number of esters is 2. The van der Waals surface area contributed by atoms with Crippen LogP contribution in [-0.2, 0) is 28.7 Å². The van der Waals surface area contributed by atoms with Crippen molar-refractivity contribution in [2.45, 2.75) is 140 Å². The molecule has 0 aromatic carbocycles. The Hall–Kier alpha value is -3.69. The zero-order valence-electron chi connectivity index (χ0n) is 39.6. The van der Waals surface area contributed by atoms with Crippen LogP contribution in [0.25, 0.3) is 0 Å². The third-order valence-electron chi connectivity index (χ3n) is 18.6. The van der Waals surface area contributed by atoms with E-state index in [2.05, 4.69) is 23.6 Å². The molecule has 1 spiro atoms. The van der Waals surface area contributed by atoms with Gasteiger partial charge in [-0.05, 0) is 166 Å². The number of hydrogen-bond donors (Lipinski definition) is 4. The highest BCUT2D eigenvalue weighted by Crippen LogP contribution is 2.73. The maximum atomic E-state index is 15.3. The highest BCUT2D eigenvalue weighted by atomic mass is 33.1. The molecule has 5 heterocycles. The fourth-order valence-electron chi connectivity index (χ4n) is 15.5. The van der Waals surface area contributed by atoms with Gasteiger partial charge >= 0.3 is 11.9 Å². The fraction of sp³-hybridized carbons (Fsp3) is 0.648. The first-order valence-electron chi connectivity index (χ1n) is 26.0. The van der Waals surface area contributed by atoms with E-state index in [0.29, 0.717) is 54.2 Å². The van der Waals surface area contributed by atoms with Gasteiger partial charge in [-0.15, -0.1) is 0 Å². The quantitative estimate of drug-likeness (QED) is 0.0944. The number of aliphatic hydroxyl groups excluding tert-OH is 2. The normalized spacial score (nSPS) is 36.4. The van der Waals surface area contributed by atoms with Crippen molar-refractivity contribution in [2.75, 3.05) is 30.9 Å². The Morgan fingerprint density at radius 3 is 2.53 bits per heavy atom. The van der Waals surface area contributed by atoms with Crippen molar-refractivity contribution in [1.29, 1.82) is 0 Å². The lowest BCUT2D eigenvalue weighted by molar-refractivity contribution is -0.137. The predicted molar refractivity (Wildman–Crippen MR) is 262 cm³/mol. The van der Waals surface area contributed by atoms with Crippen LogP contribution in [0.1, 0.15) is 134 Å². The zero-order chi connectivity index (χ0) is 46.9. The maximum Gasteiger partial charge on any atom is 0.340 e. The Balaban J connectivity index is 1.10. The lowest BCUT2D eigenvalue weighted by Gasteiger charge is -2.58. The Morgan fingerprint density at radius 2 is 1.78 bits per heavy atom. The summed E-state index contributed by atoms with van der Waals surface area (Å²) in [5, 5.41) is 27.5. The Labute approximate surface area is 408 Å². The second-order valence-electron chi connectivity index (χ2n) is 21.8. The third kappa shape index (κ3) is 7.80. The van der Waals surface area contributed by atoms with E-state index in [0.717, 1.165) is 112 Å². The summed E-state index contributed by atoms with van der Waals surface area (Å²) < 4.78 is 13.4. The van der Waals surface area contributed by atoms with Crippen molar-refractivity contribution in [3.8, 4) is 0 Å². The number of carbonyl (C=O) groups is 4. The molecule has 7 bridgehead atoms. The van der Waals surface area contributed by atoms with Gasteiger partial charge in [0.15, 0.2) is 0 Å². The van der Waals surface area contributed by atoms with Crippen LogP contribution >= 0.6 is 21.6 Å². The molecule has 1 saturated heterocycles. The highest BCUT2D eigenvalue weighted by molar-refractivity contribution is 8.76. The molecule has 1 aromatic heterocycles. The van der Waals surface area contributed by atoms with Crippen molar-refractivity contribution in [3.05, 3.63) is 81.5 Å². The summed E-state index contributed by atoms with van der Waals surface area (Å²) in [7, 11) is 3.47. The van der Waals surface area contributed by atoms with Gasteiger partial charge in [0.2, 0.25) is 0 Å². The molecule has 0 radical (unpaired) electrons. The van der Waals surface area contributed by atoms with Gasteiger partial charge in [0, 0.05) is 61.0 Å². The van der Waals surface area contributed by atoms with Gasteiger partial charge in [-0.25, -0.2) is 14.6 Å². The number of nitrogens with one attached hydrogen (secondary N) is 2. The number of imide groups is 1. The molecule has 3 saturated carbocycles. The van der Waals surface area contributed by atoms with E-state index in [1.54, 1.807) is 27.8 Å². The molecule has 364 valence electrons. The summed E-state index contributed by atoms with van der Waals surface area (Å²) in [4.78, 5) is 63.3. The SMILES string of the molecule is CCC1(C2=C3OC(=O)C4=C3[C@@H](CC2)C[C@H]2[C@@H]3CC[C@@]5(C6=C3[C@H](CN3C(=O)C=CC3=O)c3ccnc(c3)NCSS[C@H](NC[C@H](C)O)[C@@H](C3CCC(CCCO)CC3)C/C=C\5OC6=O)[C@@H]42)CCCC1. The van der Waals surface area contributed by atoms with E-state index in [1.807, 2.05) is 19.1 Å². The molecule has 9 atom stereocenters. The standard InChI is InChI=1S/C54H68N4O8S2/c1-3-53(20-4-5-21-53)39-14-12-34-25-37-36-18-22-54(47(37)46-44(34)49(39)66-51(46)63)40-15-13-35(32-10-8-31(9-11-32)7-6-24-59)50(56-27-30(2)60)68-67-29-57-41-26-33(19-23-55-41)38(45(36)48(54)52(64)65-40)28-58-42(61)16-17-43(58)62/h15-17,19,23,26,30-32,34-38,47,50,56,59-60H,3-14,18,20-22,24-25,27-29H2,1-2H3,(H,55,57)/b40-15+/t30-,31?,32?,34-,35+,36-,37-,38+,47+,50-,54-/m0/s1. The molecule has 14 heteroatoms. The number of rotatable bonds is 11. The van der Waals surface area contributed by atoms with E-state index in [4.69, 9.17) is 14.5 Å². The molecule has 12 nitrogen and oxygen atoms in total. The Morgan fingerprint density at radius 1 is 0.985 bits per heavy atom. The van der Waals surface area contributed by atoms with Crippen molar-refractivity contribution in [2.24, 2.45) is 52.3 Å². The molecule has 68 heavy (non-hydrogen) atoms. The zero-order valence-corrected chi connectivity index (χ0v) is 41.3. The van der Waals surface area contributed by atoms with Crippen LogP contribution in [0, 0.1) is 52.3 Å². The number of hydrogen-bond acceptors (Lipinski definition) is 13. The molecular weight excluding hydrogens is 897 g/mol. The molecular formula is C54H68N4O8S2. The number of aromatic nitrogens is 1. The molecule has 4 fully saturated rings. The topological polar surface area (TPSA) is 167 Å². The first-order chi connectivity index (χ1) is 33.0. The number of anilines is 1. The van der Waals surface area contributed by atoms with Gasteiger partial charge in [0.1, 0.15) is 17.3 Å².